The third-order valence-electron chi connectivity index (χ3n) is 1.75. The summed E-state index contributed by atoms with van der Waals surface area (Å²) in [6.45, 7) is 5.86. The summed E-state index contributed by atoms with van der Waals surface area (Å²) in [7, 11) is 0. The maximum absolute atomic E-state index is 11.1. The predicted molar refractivity (Wildman–Crippen MR) is 41.8 cm³/mol. The fraction of sp³-hybridized carbons (Fsp3) is 0.875. The number of hydroxylamine groups is 2. The van der Waals surface area contributed by atoms with Crippen LogP contribution in [0.5, 0.6) is 0 Å². The van der Waals surface area contributed by atoms with E-state index in [0.29, 0.717) is 6.42 Å². The van der Waals surface area contributed by atoms with Crippen LogP contribution in [0, 0.1) is 0 Å². The molecule has 1 heterocycles. The van der Waals surface area contributed by atoms with E-state index in [1.54, 1.807) is 0 Å². The van der Waals surface area contributed by atoms with Gasteiger partial charge >= 0.3 is 0 Å². The molecule has 0 N–H and O–H groups in total. The summed E-state index contributed by atoms with van der Waals surface area (Å²) in [6.07, 6.45) is 1.65. The van der Waals surface area contributed by atoms with Crippen molar-refractivity contribution >= 4 is 5.91 Å². The van der Waals surface area contributed by atoms with Crippen molar-refractivity contribution in [3.05, 3.63) is 0 Å². The average molecular weight is 157 g/mol. The Hall–Kier alpha value is -0.570. The zero-order valence-electron chi connectivity index (χ0n) is 7.33. The molecule has 64 valence electrons. The zero-order valence-corrected chi connectivity index (χ0v) is 7.33. The fourth-order valence-electron chi connectivity index (χ4n) is 1.20. The van der Waals surface area contributed by atoms with Crippen LogP contribution in [-0.2, 0) is 9.63 Å². The summed E-state index contributed by atoms with van der Waals surface area (Å²) in [5, 5.41) is 1.50. The molecule has 1 aliphatic rings. The average Bonchev–Trinajstić information content (AvgIpc) is 2.18. The van der Waals surface area contributed by atoms with E-state index in [-0.39, 0.29) is 18.1 Å². The van der Waals surface area contributed by atoms with Gasteiger partial charge < -0.3 is 0 Å². The molecule has 3 heteroatoms. The quantitative estimate of drug-likeness (QED) is 0.605. The van der Waals surface area contributed by atoms with Crippen molar-refractivity contribution in [2.75, 3.05) is 0 Å². The van der Waals surface area contributed by atoms with E-state index in [4.69, 9.17) is 4.84 Å². The van der Waals surface area contributed by atoms with Gasteiger partial charge in [0.25, 0.3) is 0 Å². The van der Waals surface area contributed by atoms with Crippen LogP contribution in [0.3, 0.4) is 0 Å². The van der Waals surface area contributed by atoms with Crippen molar-refractivity contribution < 1.29 is 9.63 Å². The molecule has 1 rings (SSSR count). The van der Waals surface area contributed by atoms with Crippen LogP contribution in [-0.4, -0.2) is 23.1 Å². The lowest BCUT2D eigenvalue weighted by Gasteiger charge is -2.22. The molecule has 1 aliphatic heterocycles. The minimum absolute atomic E-state index is 0.0968. The van der Waals surface area contributed by atoms with Crippen LogP contribution in [0.1, 0.15) is 33.6 Å². The largest absolute Gasteiger partial charge is 0.273 e. The molecule has 0 aromatic heterocycles. The molecule has 0 aliphatic carbocycles. The molecular formula is C8H15NO2. The summed E-state index contributed by atoms with van der Waals surface area (Å²) in [5.41, 5.74) is 0. The van der Waals surface area contributed by atoms with Gasteiger partial charge in [0.05, 0.1) is 12.1 Å². The van der Waals surface area contributed by atoms with Crippen LogP contribution in [0.15, 0.2) is 0 Å². The van der Waals surface area contributed by atoms with Crippen LogP contribution < -0.4 is 0 Å². The van der Waals surface area contributed by atoms with E-state index in [1.807, 2.05) is 20.8 Å². The van der Waals surface area contributed by atoms with Gasteiger partial charge in [0.1, 0.15) is 0 Å². The first-order valence-electron chi connectivity index (χ1n) is 4.10. The van der Waals surface area contributed by atoms with Gasteiger partial charge in [-0.3, -0.25) is 9.63 Å². The first-order chi connectivity index (χ1) is 5.11. The summed E-state index contributed by atoms with van der Waals surface area (Å²) in [6, 6.07) is 0.255. The van der Waals surface area contributed by atoms with Crippen molar-refractivity contribution in [1.29, 1.82) is 0 Å². The highest BCUT2D eigenvalue weighted by molar-refractivity contribution is 5.77. The number of amides is 1. The second-order valence-electron chi connectivity index (χ2n) is 3.26. The second-order valence-corrected chi connectivity index (χ2v) is 3.26. The van der Waals surface area contributed by atoms with E-state index in [9.17, 15) is 4.79 Å². The van der Waals surface area contributed by atoms with Gasteiger partial charge in [0.2, 0.25) is 5.91 Å². The Kier molecular flexibility index (Phi) is 2.49. The van der Waals surface area contributed by atoms with Crippen LogP contribution in [0.4, 0.5) is 0 Å². The Bertz CT molecular complexity index is 156. The van der Waals surface area contributed by atoms with Crippen LogP contribution in [0.25, 0.3) is 0 Å². The highest BCUT2D eigenvalue weighted by atomic mass is 16.7. The van der Waals surface area contributed by atoms with E-state index in [2.05, 4.69) is 0 Å². The Labute approximate surface area is 67.3 Å². The molecule has 0 bridgehead atoms. The lowest BCUT2D eigenvalue weighted by atomic mass is 10.3. The van der Waals surface area contributed by atoms with Crippen molar-refractivity contribution in [1.82, 2.24) is 5.06 Å². The molecule has 1 amide bonds. The van der Waals surface area contributed by atoms with Gasteiger partial charge in [-0.15, -0.1) is 0 Å². The Morgan fingerprint density at radius 3 is 2.64 bits per heavy atom. The highest BCUT2D eigenvalue weighted by Gasteiger charge is 2.28. The molecule has 0 radical (unpaired) electrons. The molecule has 0 saturated carbocycles. The summed E-state index contributed by atoms with van der Waals surface area (Å²) in [5.74, 6) is 0.117. The number of carbonyl (C=O) groups is 1. The smallest absolute Gasteiger partial charge is 0.246 e. The van der Waals surface area contributed by atoms with Crippen molar-refractivity contribution in [3.63, 3.8) is 0 Å². The van der Waals surface area contributed by atoms with Crippen molar-refractivity contribution in [2.24, 2.45) is 0 Å². The Balaban J connectivity index is 2.48. The maximum atomic E-state index is 11.1. The van der Waals surface area contributed by atoms with Gasteiger partial charge in [0.15, 0.2) is 0 Å². The summed E-state index contributed by atoms with van der Waals surface area (Å²) in [4.78, 5) is 16.4. The van der Waals surface area contributed by atoms with Gasteiger partial charge in [-0.25, -0.2) is 5.06 Å². The molecule has 3 nitrogen and oxygen atoms in total. The topological polar surface area (TPSA) is 29.5 Å². The fourth-order valence-corrected chi connectivity index (χ4v) is 1.20. The second kappa shape index (κ2) is 3.22. The normalized spacial score (nSPS) is 25.3. The van der Waals surface area contributed by atoms with E-state index >= 15 is 0 Å². The van der Waals surface area contributed by atoms with E-state index in [0.717, 1.165) is 6.42 Å². The number of hydrogen-bond acceptors (Lipinski definition) is 2. The molecule has 11 heavy (non-hydrogen) atoms. The number of nitrogens with zero attached hydrogens (tertiary/aromatic N) is 1. The number of carbonyl (C=O) groups excluding carboxylic acids is 1. The van der Waals surface area contributed by atoms with E-state index < -0.39 is 0 Å². The van der Waals surface area contributed by atoms with Gasteiger partial charge in [-0.05, 0) is 27.2 Å². The molecule has 0 spiro atoms. The molecule has 1 fully saturated rings. The molecule has 0 aromatic carbocycles. The standard InChI is InChI=1S/C8H15NO2/c1-6(2)11-9-7(3)4-5-8(9)10/h6-7H,4-5H2,1-3H3. The SMILES string of the molecule is CC(C)ON1C(=O)CCC1C. The van der Waals surface area contributed by atoms with E-state index in [1.165, 1.54) is 5.06 Å². The third-order valence-corrected chi connectivity index (χ3v) is 1.75. The Morgan fingerprint density at radius 1 is 1.64 bits per heavy atom. The van der Waals surface area contributed by atoms with Crippen LogP contribution in [0.2, 0.25) is 0 Å². The van der Waals surface area contributed by atoms with Crippen molar-refractivity contribution in [2.45, 2.75) is 45.8 Å². The first kappa shape index (κ1) is 8.53. The number of hydrogen-bond donors (Lipinski definition) is 0. The highest BCUT2D eigenvalue weighted by Crippen LogP contribution is 2.18. The first-order valence-corrected chi connectivity index (χ1v) is 4.10. The van der Waals surface area contributed by atoms with Gasteiger partial charge in [0, 0.05) is 6.42 Å². The lowest BCUT2D eigenvalue weighted by Crippen LogP contribution is -2.33. The lowest BCUT2D eigenvalue weighted by molar-refractivity contribution is -0.202. The minimum atomic E-state index is 0.0968. The van der Waals surface area contributed by atoms with Gasteiger partial charge in [-0.1, -0.05) is 0 Å². The third kappa shape index (κ3) is 1.93. The number of rotatable bonds is 2. The Morgan fingerprint density at radius 2 is 2.27 bits per heavy atom. The predicted octanol–water partition coefficient (Wildman–Crippen LogP) is 1.34. The summed E-state index contributed by atoms with van der Waals surface area (Å²) < 4.78 is 0. The maximum Gasteiger partial charge on any atom is 0.246 e. The monoisotopic (exact) mass is 157 g/mol. The molecule has 1 unspecified atom stereocenters. The molecule has 1 saturated heterocycles. The molecule has 0 aromatic rings. The molecule has 1 atom stereocenters. The van der Waals surface area contributed by atoms with Crippen molar-refractivity contribution in [3.8, 4) is 0 Å². The minimum Gasteiger partial charge on any atom is -0.273 e. The van der Waals surface area contributed by atoms with Crippen LogP contribution >= 0.6 is 0 Å². The van der Waals surface area contributed by atoms with Gasteiger partial charge in [-0.2, -0.15) is 0 Å². The zero-order chi connectivity index (χ0) is 8.43. The molecular weight excluding hydrogens is 142 g/mol. The summed E-state index contributed by atoms with van der Waals surface area (Å²) >= 11 is 0.